The van der Waals surface area contributed by atoms with E-state index in [-0.39, 0.29) is 6.61 Å². The normalized spacial score (nSPS) is 11.8. The van der Waals surface area contributed by atoms with Gasteiger partial charge in [0.15, 0.2) is 0 Å². The van der Waals surface area contributed by atoms with E-state index in [1.54, 1.807) is 13.2 Å². The van der Waals surface area contributed by atoms with Crippen LogP contribution in [0.15, 0.2) is 48.5 Å². The summed E-state index contributed by atoms with van der Waals surface area (Å²) >= 11 is 0. The lowest BCUT2D eigenvalue weighted by molar-refractivity contribution is -0.168. The molecule has 1 atom stereocenters. The molecule has 0 radical (unpaired) electrons. The number of carbonyl (C=O) groups excluding carboxylic acids is 2. The van der Waals surface area contributed by atoms with E-state index < -0.39 is 18.0 Å². The maximum absolute atomic E-state index is 12.8. The van der Waals surface area contributed by atoms with Crippen molar-refractivity contribution in [3.63, 3.8) is 0 Å². The molecule has 2 aromatic carbocycles. The van der Waals surface area contributed by atoms with Crippen LogP contribution in [-0.4, -0.2) is 24.0 Å². The number of aromatic nitrogens is 1. The number of rotatable bonds is 6. The lowest BCUT2D eigenvalue weighted by atomic mass is 10.0. The number of aromatic amines is 1. The first-order chi connectivity index (χ1) is 13.0. The lowest BCUT2D eigenvalue weighted by Gasteiger charge is -2.17. The number of methoxy groups -OCH3 is 1. The first-order valence-electron chi connectivity index (χ1n) is 8.53. The molecule has 0 spiro atoms. The van der Waals surface area contributed by atoms with Crippen molar-refractivity contribution in [2.45, 2.75) is 26.6 Å². The minimum Gasteiger partial charge on any atom is -0.497 e. The summed E-state index contributed by atoms with van der Waals surface area (Å²) in [4.78, 5) is 27.6. The summed E-state index contributed by atoms with van der Waals surface area (Å²) in [5, 5.41) is 0.745. The first-order valence-corrected chi connectivity index (χ1v) is 8.53. The molecular weight excluding hydrogens is 346 g/mol. The second kappa shape index (κ2) is 7.95. The minimum absolute atomic E-state index is 0.0994. The predicted octanol–water partition coefficient (Wildman–Crippen LogP) is 3.83. The van der Waals surface area contributed by atoms with E-state index in [0.29, 0.717) is 11.3 Å². The van der Waals surface area contributed by atoms with Crippen molar-refractivity contribution < 1.29 is 23.8 Å². The molecule has 0 aliphatic heterocycles. The van der Waals surface area contributed by atoms with Gasteiger partial charge in [0.1, 0.15) is 12.4 Å². The predicted molar refractivity (Wildman–Crippen MR) is 100 cm³/mol. The molecule has 3 rings (SSSR count). The smallest absolute Gasteiger partial charge is 0.352 e. The van der Waals surface area contributed by atoms with E-state index in [1.807, 2.05) is 49.4 Å². The highest BCUT2D eigenvalue weighted by molar-refractivity contribution is 5.92. The number of hydrogen-bond acceptors (Lipinski definition) is 5. The van der Waals surface area contributed by atoms with Gasteiger partial charge in [0.05, 0.1) is 7.11 Å². The van der Waals surface area contributed by atoms with E-state index in [0.717, 1.165) is 22.2 Å². The fourth-order valence-electron chi connectivity index (χ4n) is 2.99. The van der Waals surface area contributed by atoms with Crippen LogP contribution in [0.2, 0.25) is 0 Å². The summed E-state index contributed by atoms with van der Waals surface area (Å²) in [5.41, 5.74) is 2.96. The van der Waals surface area contributed by atoms with Gasteiger partial charge in [-0.05, 0) is 30.7 Å². The van der Waals surface area contributed by atoms with Crippen LogP contribution in [0, 0.1) is 6.92 Å². The third-order valence-corrected chi connectivity index (χ3v) is 4.23. The summed E-state index contributed by atoms with van der Waals surface area (Å²) in [6.45, 7) is 3.19. The second-order valence-corrected chi connectivity index (χ2v) is 6.16. The van der Waals surface area contributed by atoms with Crippen LogP contribution >= 0.6 is 0 Å². The molecule has 1 heterocycles. The van der Waals surface area contributed by atoms with Gasteiger partial charge in [0.2, 0.25) is 6.10 Å². The highest BCUT2D eigenvalue weighted by Crippen LogP contribution is 2.33. The zero-order valence-electron chi connectivity index (χ0n) is 15.4. The Morgan fingerprint density at radius 1 is 1.11 bits per heavy atom. The molecule has 1 N–H and O–H groups in total. The molecule has 0 saturated carbocycles. The van der Waals surface area contributed by atoms with Crippen LogP contribution in [0.1, 0.15) is 29.8 Å². The molecule has 0 fully saturated rings. The van der Waals surface area contributed by atoms with Crippen molar-refractivity contribution in [2.24, 2.45) is 0 Å². The highest BCUT2D eigenvalue weighted by atomic mass is 16.6. The molecule has 0 saturated heterocycles. The van der Waals surface area contributed by atoms with Gasteiger partial charge in [-0.1, -0.05) is 30.3 Å². The Hall–Kier alpha value is -3.28. The zero-order valence-corrected chi connectivity index (χ0v) is 15.4. The zero-order chi connectivity index (χ0) is 19.4. The maximum atomic E-state index is 12.8. The topological polar surface area (TPSA) is 77.6 Å². The number of H-pyrrole nitrogens is 1. The van der Waals surface area contributed by atoms with E-state index in [2.05, 4.69) is 4.98 Å². The standard InChI is InChI=1S/C21H21NO5/c1-13-19(17-11-16(25-3)9-10-18(17)22-13)20(27-14(2)23)21(24)26-12-15-7-5-4-6-8-15/h4-11,20,22H,12H2,1-3H3. The van der Waals surface area contributed by atoms with Gasteiger partial charge in [-0.15, -0.1) is 0 Å². The highest BCUT2D eigenvalue weighted by Gasteiger charge is 2.30. The molecule has 1 unspecified atom stereocenters. The minimum atomic E-state index is -1.16. The molecule has 0 aliphatic rings. The Morgan fingerprint density at radius 3 is 2.52 bits per heavy atom. The number of aryl methyl sites for hydroxylation is 1. The number of esters is 2. The van der Waals surface area contributed by atoms with Gasteiger partial charge in [0.25, 0.3) is 0 Å². The summed E-state index contributed by atoms with van der Waals surface area (Å²) in [5.74, 6) is -0.545. The Bertz CT molecular complexity index is 961. The van der Waals surface area contributed by atoms with Crippen LogP contribution in [0.25, 0.3) is 10.9 Å². The van der Waals surface area contributed by atoms with Crippen LogP contribution in [0.4, 0.5) is 0 Å². The van der Waals surface area contributed by atoms with Crippen molar-refractivity contribution in [1.29, 1.82) is 0 Å². The van der Waals surface area contributed by atoms with E-state index in [9.17, 15) is 9.59 Å². The van der Waals surface area contributed by atoms with Crippen molar-refractivity contribution in [3.05, 3.63) is 65.4 Å². The average molecular weight is 367 g/mol. The molecule has 0 aliphatic carbocycles. The number of ether oxygens (including phenoxy) is 3. The van der Waals surface area contributed by atoms with Crippen molar-refractivity contribution in [1.82, 2.24) is 4.98 Å². The monoisotopic (exact) mass is 367 g/mol. The fourth-order valence-corrected chi connectivity index (χ4v) is 2.99. The van der Waals surface area contributed by atoms with Crippen LogP contribution in [-0.2, 0) is 25.7 Å². The van der Waals surface area contributed by atoms with Crippen LogP contribution < -0.4 is 4.74 Å². The maximum Gasteiger partial charge on any atom is 0.352 e. The van der Waals surface area contributed by atoms with Crippen LogP contribution in [0.5, 0.6) is 5.75 Å². The molecule has 0 amide bonds. The number of carbonyl (C=O) groups is 2. The van der Waals surface area contributed by atoms with E-state index >= 15 is 0 Å². The number of nitrogens with one attached hydrogen (secondary N) is 1. The Labute approximate surface area is 157 Å². The lowest BCUT2D eigenvalue weighted by Crippen LogP contribution is -2.21. The second-order valence-electron chi connectivity index (χ2n) is 6.16. The first kappa shape index (κ1) is 18.5. The molecule has 3 aromatic rings. The SMILES string of the molecule is COc1ccc2[nH]c(C)c(C(OC(C)=O)C(=O)OCc3ccccc3)c2c1. The quantitative estimate of drug-likeness (QED) is 0.670. The Balaban J connectivity index is 1.94. The molecule has 140 valence electrons. The number of hydrogen-bond donors (Lipinski definition) is 1. The molecular formula is C21H21NO5. The largest absolute Gasteiger partial charge is 0.497 e. The van der Waals surface area contributed by atoms with Gasteiger partial charge in [-0.3, -0.25) is 4.79 Å². The van der Waals surface area contributed by atoms with Crippen molar-refractivity contribution >= 4 is 22.8 Å². The van der Waals surface area contributed by atoms with Gasteiger partial charge in [-0.2, -0.15) is 0 Å². The summed E-state index contributed by atoms with van der Waals surface area (Å²) in [6.07, 6.45) is -1.16. The molecule has 6 nitrogen and oxygen atoms in total. The van der Waals surface area contributed by atoms with Gasteiger partial charge in [-0.25, -0.2) is 4.79 Å². The summed E-state index contributed by atoms with van der Waals surface area (Å²) < 4.78 is 16.0. The average Bonchev–Trinajstić information content (AvgIpc) is 2.99. The molecule has 0 bridgehead atoms. The van der Waals surface area contributed by atoms with Gasteiger partial charge >= 0.3 is 11.9 Å². The van der Waals surface area contributed by atoms with E-state index in [4.69, 9.17) is 14.2 Å². The number of benzene rings is 2. The van der Waals surface area contributed by atoms with Gasteiger partial charge in [0, 0.05) is 29.1 Å². The Kier molecular flexibility index (Phi) is 5.45. The third kappa shape index (κ3) is 4.11. The van der Waals surface area contributed by atoms with E-state index in [1.165, 1.54) is 6.92 Å². The summed E-state index contributed by atoms with van der Waals surface area (Å²) in [6, 6.07) is 14.8. The van der Waals surface area contributed by atoms with Crippen LogP contribution in [0.3, 0.4) is 0 Å². The van der Waals surface area contributed by atoms with Crippen molar-refractivity contribution in [3.8, 4) is 5.75 Å². The third-order valence-electron chi connectivity index (χ3n) is 4.23. The van der Waals surface area contributed by atoms with Gasteiger partial charge < -0.3 is 19.2 Å². The molecule has 27 heavy (non-hydrogen) atoms. The summed E-state index contributed by atoms with van der Waals surface area (Å²) in [7, 11) is 1.57. The molecule has 6 heteroatoms. The number of fused-ring (bicyclic) bond motifs is 1. The molecule has 1 aromatic heterocycles. The Morgan fingerprint density at radius 2 is 1.85 bits per heavy atom. The fraction of sp³-hybridized carbons (Fsp3) is 0.238. The van der Waals surface area contributed by atoms with Crippen molar-refractivity contribution in [2.75, 3.05) is 7.11 Å².